The maximum absolute atomic E-state index is 12.6. The number of aliphatic carboxylic acids is 1. The van der Waals surface area contributed by atoms with Gasteiger partial charge in [0.2, 0.25) is 0 Å². The van der Waals surface area contributed by atoms with Gasteiger partial charge in [-0.15, -0.1) is 11.8 Å². The Hall–Kier alpha value is -2.32. The Kier molecular flexibility index (Phi) is 4.10. The van der Waals surface area contributed by atoms with Crippen LogP contribution in [0.2, 0.25) is 0 Å². The summed E-state index contributed by atoms with van der Waals surface area (Å²) in [5, 5.41) is 11.7. The van der Waals surface area contributed by atoms with Gasteiger partial charge in [0.05, 0.1) is 16.3 Å². The van der Waals surface area contributed by atoms with E-state index in [4.69, 9.17) is 14.3 Å². The van der Waals surface area contributed by atoms with Crippen molar-refractivity contribution in [1.29, 1.82) is 0 Å². The van der Waals surface area contributed by atoms with E-state index in [2.05, 4.69) is 5.32 Å². The Balaban J connectivity index is 1.99. The molecule has 1 aliphatic heterocycles. The lowest BCUT2D eigenvalue weighted by Gasteiger charge is -2.11. The lowest BCUT2D eigenvalue weighted by Crippen LogP contribution is -2.34. The maximum atomic E-state index is 12.6. The fourth-order valence-electron chi connectivity index (χ4n) is 2.33. The van der Waals surface area contributed by atoms with Gasteiger partial charge in [0.25, 0.3) is 0 Å². The number of benzene rings is 1. The van der Waals surface area contributed by atoms with Crippen LogP contribution in [-0.2, 0) is 9.59 Å². The Morgan fingerprint density at radius 2 is 2.22 bits per heavy atom. The minimum Gasteiger partial charge on any atom is -0.480 e. The van der Waals surface area contributed by atoms with Gasteiger partial charge in [0.1, 0.15) is 23.6 Å². The van der Waals surface area contributed by atoms with Gasteiger partial charge in [-0.05, 0) is 18.2 Å². The van der Waals surface area contributed by atoms with Gasteiger partial charge in [-0.3, -0.25) is 19.7 Å². The average Bonchev–Trinajstić information content (AvgIpc) is 2.97. The molecule has 2 aromatic rings. The summed E-state index contributed by atoms with van der Waals surface area (Å²) in [5.74, 6) is -0.820. The van der Waals surface area contributed by atoms with E-state index in [1.54, 1.807) is 6.07 Å². The van der Waals surface area contributed by atoms with E-state index in [9.17, 15) is 14.4 Å². The van der Waals surface area contributed by atoms with E-state index in [-0.39, 0.29) is 16.6 Å². The number of thioether (sulfide) groups is 1. The number of fused-ring (bicyclic) bond motifs is 1. The Labute approximate surface area is 134 Å². The van der Waals surface area contributed by atoms with E-state index in [1.807, 2.05) is 0 Å². The lowest BCUT2D eigenvalue weighted by atomic mass is 10.1. The fraction of sp³-hybridized carbons (Fsp3) is 0.267. The minimum atomic E-state index is -0.956. The highest BCUT2D eigenvalue weighted by Gasteiger charge is 2.32. The number of nitrogens with one attached hydrogen (secondary N) is 1. The molecule has 0 saturated carbocycles. The molecule has 2 N–H and O–H groups in total. The third kappa shape index (κ3) is 3.08. The van der Waals surface area contributed by atoms with Crippen LogP contribution in [0.5, 0.6) is 5.75 Å². The van der Waals surface area contributed by atoms with Crippen molar-refractivity contribution in [2.75, 3.05) is 5.75 Å². The van der Waals surface area contributed by atoms with Gasteiger partial charge in [0.15, 0.2) is 5.43 Å². The molecule has 2 heterocycles. The molecule has 0 bridgehead atoms. The summed E-state index contributed by atoms with van der Waals surface area (Å²) in [4.78, 5) is 34.6. The van der Waals surface area contributed by atoms with Crippen LogP contribution in [0.25, 0.3) is 11.0 Å². The van der Waals surface area contributed by atoms with E-state index in [0.29, 0.717) is 16.9 Å². The van der Waals surface area contributed by atoms with Crippen molar-refractivity contribution in [3.8, 4) is 5.75 Å². The van der Waals surface area contributed by atoms with E-state index in [1.165, 1.54) is 37.1 Å². The first-order valence-electron chi connectivity index (χ1n) is 6.80. The summed E-state index contributed by atoms with van der Waals surface area (Å²) in [6, 6.07) is 3.83. The number of hydrogen-bond donors (Lipinski definition) is 2. The highest BCUT2D eigenvalue weighted by Crippen LogP contribution is 2.32. The summed E-state index contributed by atoms with van der Waals surface area (Å²) in [5.41, 5.74) is 0.426. The van der Waals surface area contributed by atoms with Crippen LogP contribution in [0.1, 0.15) is 17.9 Å². The van der Waals surface area contributed by atoms with Gasteiger partial charge in [-0.2, -0.15) is 0 Å². The predicted molar refractivity (Wildman–Crippen MR) is 83.6 cm³/mol. The van der Waals surface area contributed by atoms with Crippen LogP contribution >= 0.6 is 11.8 Å². The molecule has 1 aromatic carbocycles. The van der Waals surface area contributed by atoms with Crippen LogP contribution < -0.4 is 15.5 Å². The molecule has 0 aliphatic carbocycles. The third-order valence-corrected chi connectivity index (χ3v) is 4.64. The van der Waals surface area contributed by atoms with Gasteiger partial charge in [-0.1, -0.05) is 0 Å². The standard InChI is InChI=1S/C15H13NO6S/c1-7(17)22-8-2-3-12-9(4-8)13(18)10(5-21-12)14-16-11(6-23-14)15(19)20/h2-5,11,14,16H,6H2,1H3,(H,19,20). The first-order chi connectivity index (χ1) is 11.0. The molecule has 8 heteroatoms. The maximum Gasteiger partial charge on any atom is 0.321 e. The van der Waals surface area contributed by atoms with Gasteiger partial charge >= 0.3 is 11.9 Å². The van der Waals surface area contributed by atoms with Gasteiger partial charge in [-0.25, -0.2) is 0 Å². The highest BCUT2D eigenvalue weighted by atomic mass is 32.2. The topological polar surface area (TPSA) is 106 Å². The lowest BCUT2D eigenvalue weighted by molar-refractivity contribution is -0.138. The molecule has 1 aromatic heterocycles. The fourth-order valence-corrected chi connectivity index (χ4v) is 3.56. The van der Waals surface area contributed by atoms with Crippen molar-refractivity contribution >= 4 is 34.7 Å². The molecule has 120 valence electrons. The normalized spacial score (nSPS) is 20.6. The summed E-state index contributed by atoms with van der Waals surface area (Å²) >= 11 is 1.33. The predicted octanol–water partition coefficient (Wildman–Crippen LogP) is 1.51. The molecule has 2 atom stereocenters. The number of carbonyl (C=O) groups is 2. The molecule has 3 rings (SSSR count). The first-order valence-corrected chi connectivity index (χ1v) is 7.85. The molecule has 0 amide bonds. The van der Waals surface area contributed by atoms with Crippen LogP contribution in [0.4, 0.5) is 0 Å². The molecule has 1 saturated heterocycles. The number of hydrogen-bond acceptors (Lipinski definition) is 7. The number of esters is 1. The second kappa shape index (κ2) is 6.05. The van der Waals surface area contributed by atoms with Crippen molar-refractivity contribution in [2.45, 2.75) is 18.3 Å². The zero-order valence-electron chi connectivity index (χ0n) is 12.1. The smallest absolute Gasteiger partial charge is 0.321 e. The largest absolute Gasteiger partial charge is 0.480 e. The van der Waals surface area contributed by atoms with Crippen molar-refractivity contribution in [3.05, 3.63) is 40.2 Å². The monoisotopic (exact) mass is 335 g/mol. The zero-order valence-corrected chi connectivity index (χ0v) is 12.9. The number of carboxylic acids is 1. The van der Waals surface area contributed by atoms with Gasteiger partial charge < -0.3 is 14.3 Å². The molecule has 1 aliphatic rings. The van der Waals surface area contributed by atoms with E-state index < -0.39 is 23.4 Å². The van der Waals surface area contributed by atoms with Crippen LogP contribution in [-0.4, -0.2) is 28.8 Å². The molecule has 23 heavy (non-hydrogen) atoms. The molecule has 2 unspecified atom stereocenters. The van der Waals surface area contributed by atoms with E-state index in [0.717, 1.165) is 0 Å². The number of ether oxygens (including phenoxy) is 1. The van der Waals surface area contributed by atoms with Crippen LogP contribution in [0.15, 0.2) is 33.7 Å². The minimum absolute atomic E-state index is 0.255. The second-order valence-corrected chi connectivity index (χ2v) is 6.18. The van der Waals surface area contributed by atoms with Gasteiger partial charge in [0, 0.05) is 12.7 Å². The SMILES string of the molecule is CC(=O)Oc1ccc2occ(C3NC(C(=O)O)CS3)c(=O)c2c1. The molecular weight excluding hydrogens is 322 g/mol. The summed E-state index contributed by atoms with van der Waals surface area (Å²) < 4.78 is 10.4. The summed E-state index contributed by atoms with van der Waals surface area (Å²) in [6.45, 7) is 1.27. The first kappa shape index (κ1) is 15.6. The number of carbonyl (C=O) groups excluding carboxylic acids is 1. The quantitative estimate of drug-likeness (QED) is 0.642. The van der Waals surface area contributed by atoms with Crippen molar-refractivity contribution in [1.82, 2.24) is 5.32 Å². The Morgan fingerprint density at radius 3 is 2.87 bits per heavy atom. The number of rotatable bonds is 3. The highest BCUT2D eigenvalue weighted by molar-refractivity contribution is 7.99. The van der Waals surface area contributed by atoms with Crippen molar-refractivity contribution in [2.24, 2.45) is 0 Å². The molecule has 7 nitrogen and oxygen atoms in total. The molecule has 0 spiro atoms. The number of carboxylic acid groups (broad SMARTS) is 1. The summed E-state index contributed by atoms with van der Waals surface area (Å²) in [7, 11) is 0. The third-order valence-electron chi connectivity index (χ3n) is 3.39. The van der Waals surface area contributed by atoms with Crippen molar-refractivity contribution in [3.63, 3.8) is 0 Å². The Bertz CT molecular complexity index is 845. The Morgan fingerprint density at radius 1 is 1.43 bits per heavy atom. The molecular formula is C15H13NO6S. The summed E-state index contributed by atoms with van der Waals surface area (Å²) in [6.07, 6.45) is 1.34. The van der Waals surface area contributed by atoms with E-state index >= 15 is 0 Å². The van der Waals surface area contributed by atoms with Crippen LogP contribution in [0, 0.1) is 0 Å². The second-order valence-electron chi connectivity index (χ2n) is 5.04. The average molecular weight is 335 g/mol. The zero-order chi connectivity index (χ0) is 16.6. The van der Waals surface area contributed by atoms with Crippen molar-refractivity contribution < 1.29 is 23.8 Å². The molecule has 1 fully saturated rings. The van der Waals surface area contributed by atoms with Crippen LogP contribution in [0.3, 0.4) is 0 Å². The molecule has 0 radical (unpaired) electrons.